The van der Waals surface area contributed by atoms with Crippen molar-refractivity contribution in [2.75, 3.05) is 19.6 Å². The van der Waals surface area contributed by atoms with E-state index in [2.05, 4.69) is 17.1 Å². The lowest BCUT2D eigenvalue weighted by molar-refractivity contribution is -0.128. The topological polar surface area (TPSA) is 32.3 Å². The molecule has 1 fully saturated rings. The summed E-state index contributed by atoms with van der Waals surface area (Å²) < 4.78 is 0. The first-order valence-corrected chi connectivity index (χ1v) is 6.43. The summed E-state index contributed by atoms with van der Waals surface area (Å²) in [6.45, 7) is 11.3. The molecule has 0 aromatic rings. The van der Waals surface area contributed by atoms with Gasteiger partial charge in [0.2, 0.25) is 5.91 Å². The molecule has 0 radical (unpaired) electrons. The van der Waals surface area contributed by atoms with Crippen molar-refractivity contribution >= 4 is 5.91 Å². The van der Waals surface area contributed by atoms with Crippen LogP contribution >= 0.6 is 0 Å². The largest absolute Gasteiger partial charge is 0.356 e. The number of likely N-dealkylation sites (tertiary alicyclic amines) is 1. The number of rotatable bonds is 4. The quantitative estimate of drug-likeness (QED) is 0.744. The van der Waals surface area contributed by atoms with E-state index >= 15 is 0 Å². The number of amides is 1. The van der Waals surface area contributed by atoms with Gasteiger partial charge in [-0.25, -0.2) is 0 Å². The maximum Gasteiger partial charge on any atom is 0.225 e. The van der Waals surface area contributed by atoms with Gasteiger partial charge in [0.25, 0.3) is 0 Å². The van der Waals surface area contributed by atoms with Gasteiger partial charge in [0, 0.05) is 24.5 Å². The van der Waals surface area contributed by atoms with E-state index < -0.39 is 0 Å². The second-order valence-electron chi connectivity index (χ2n) is 5.89. The first-order valence-electron chi connectivity index (χ1n) is 6.43. The smallest absolute Gasteiger partial charge is 0.225 e. The number of carbonyl (C=O) groups excluding carboxylic acids is 1. The van der Waals surface area contributed by atoms with Gasteiger partial charge in [-0.05, 0) is 32.7 Å². The fourth-order valence-electron chi connectivity index (χ4n) is 2.07. The van der Waals surface area contributed by atoms with Crippen LogP contribution in [0.2, 0.25) is 0 Å². The van der Waals surface area contributed by atoms with Crippen LogP contribution in [0.3, 0.4) is 0 Å². The van der Waals surface area contributed by atoms with Crippen molar-refractivity contribution in [3.63, 3.8) is 0 Å². The van der Waals surface area contributed by atoms with E-state index in [0.717, 1.165) is 25.6 Å². The SMILES string of the molecule is CC1CCCN1CCCNC(=O)C(C)(C)C. The highest BCUT2D eigenvalue weighted by molar-refractivity contribution is 5.81. The van der Waals surface area contributed by atoms with E-state index in [9.17, 15) is 4.79 Å². The van der Waals surface area contributed by atoms with Gasteiger partial charge in [-0.15, -0.1) is 0 Å². The molecule has 0 aromatic heterocycles. The first-order chi connectivity index (χ1) is 7.41. The molecule has 1 amide bonds. The van der Waals surface area contributed by atoms with Crippen LogP contribution in [0.15, 0.2) is 0 Å². The minimum absolute atomic E-state index is 0.155. The van der Waals surface area contributed by atoms with Crippen LogP contribution < -0.4 is 5.32 Å². The minimum atomic E-state index is -0.263. The van der Waals surface area contributed by atoms with Crippen molar-refractivity contribution in [3.05, 3.63) is 0 Å². The minimum Gasteiger partial charge on any atom is -0.356 e. The zero-order chi connectivity index (χ0) is 12.2. The van der Waals surface area contributed by atoms with E-state index in [4.69, 9.17) is 0 Å². The lowest BCUT2D eigenvalue weighted by atomic mass is 9.96. The van der Waals surface area contributed by atoms with Gasteiger partial charge in [0.1, 0.15) is 0 Å². The average Bonchev–Trinajstić information content (AvgIpc) is 2.57. The summed E-state index contributed by atoms with van der Waals surface area (Å²) in [5.41, 5.74) is -0.263. The first kappa shape index (κ1) is 13.5. The molecule has 0 spiro atoms. The van der Waals surface area contributed by atoms with Gasteiger partial charge < -0.3 is 10.2 Å². The molecule has 94 valence electrons. The van der Waals surface area contributed by atoms with Crippen LogP contribution in [0.5, 0.6) is 0 Å². The van der Waals surface area contributed by atoms with E-state index in [0.29, 0.717) is 0 Å². The second-order valence-corrected chi connectivity index (χ2v) is 5.89. The predicted molar refractivity (Wildman–Crippen MR) is 67.4 cm³/mol. The Morgan fingerprint density at radius 1 is 1.44 bits per heavy atom. The summed E-state index contributed by atoms with van der Waals surface area (Å²) in [4.78, 5) is 14.1. The molecule has 1 heterocycles. The highest BCUT2D eigenvalue weighted by Crippen LogP contribution is 2.16. The summed E-state index contributed by atoms with van der Waals surface area (Å²) in [6, 6.07) is 0.735. The fourth-order valence-corrected chi connectivity index (χ4v) is 2.07. The molecule has 0 aromatic carbocycles. The van der Waals surface area contributed by atoms with Crippen LogP contribution in [-0.4, -0.2) is 36.5 Å². The van der Waals surface area contributed by atoms with E-state index in [-0.39, 0.29) is 11.3 Å². The molecule has 1 aliphatic heterocycles. The molecular formula is C13H26N2O. The molecule has 16 heavy (non-hydrogen) atoms. The molecular weight excluding hydrogens is 200 g/mol. The molecule has 1 saturated heterocycles. The summed E-state index contributed by atoms with van der Waals surface area (Å²) in [6.07, 6.45) is 3.72. The second kappa shape index (κ2) is 5.67. The third-order valence-corrected chi connectivity index (χ3v) is 3.28. The number of nitrogens with one attached hydrogen (secondary N) is 1. The zero-order valence-corrected chi connectivity index (χ0v) is 11.2. The maximum absolute atomic E-state index is 11.6. The van der Waals surface area contributed by atoms with Crippen LogP contribution in [0.4, 0.5) is 0 Å². The van der Waals surface area contributed by atoms with Gasteiger partial charge >= 0.3 is 0 Å². The normalized spacial score (nSPS) is 22.4. The molecule has 1 unspecified atom stereocenters. The third kappa shape index (κ3) is 4.12. The highest BCUT2D eigenvalue weighted by Gasteiger charge is 2.21. The number of carbonyl (C=O) groups is 1. The van der Waals surface area contributed by atoms with Gasteiger partial charge in [0.05, 0.1) is 0 Å². The highest BCUT2D eigenvalue weighted by atomic mass is 16.2. The van der Waals surface area contributed by atoms with Crippen LogP contribution in [-0.2, 0) is 4.79 Å². The Morgan fingerprint density at radius 3 is 2.62 bits per heavy atom. The molecule has 1 aliphatic rings. The van der Waals surface area contributed by atoms with E-state index in [1.54, 1.807) is 0 Å². The average molecular weight is 226 g/mol. The van der Waals surface area contributed by atoms with Crippen LogP contribution in [0.25, 0.3) is 0 Å². The molecule has 1 rings (SSSR count). The number of hydrogen-bond donors (Lipinski definition) is 1. The molecule has 0 saturated carbocycles. The Labute approximate surface area is 99.6 Å². The molecule has 1 N–H and O–H groups in total. The van der Waals surface area contributed by atoms with Gasteiger partial charge in [0.15, 0.2) is 0 Å². The fraction of sp³-hybridized carbons (Fsp3) is 0.923. The summed E-state index contributed by atoms with van der Waals surface area (Å²) in [5.74, 6) is 0.155. The number of nitrogens with zero attached hydrogens (tertiary/aromatic N) is 1. The molecule has 3 heteroatoms. The van der Waals surface area contributed by atoms with E-state index in [1.807, 2.05) is 20.8 Å². The van der Waals surface area contributed by atoms with Gasteiger partial charge in [-0.3, -0.25) is 4.79 Å². The summed E-state index contributed by atoms with van der Waals surface area (Å²) in [7, 11) is 0. The van der Waals surface area contributed by atoms with Crippen LogP contribution in [0.1, 0.15) is 47.0 Å². The predicted octanol–water partition coefficient (Wildman–Crippen LogP) is 2.02. The third-order valence-electron chi connectivity index (χ3n) is 3.28. The molecule has 3 nitrogen and oxygen atoms in total. The molecule has 0 aliphatic carbocycles. The molecule has 0 bridgehead atoms. The Hall–Kier alpha value is -0.570. The Balaban J connectivity index is 2.10. The van der Waals surface area contributed by atoms with Crippen molar-refractivity contribution in [3.8, 4) is 0 Å². The summed E-state index contributed by atoms with van der Waals surface area (Å²) in [5, 5.41) is 3.00. The molecule has 1 atom stereocenters. The van der Waals surface area contributed by atoms with Gasteiger partial charge in [-0.1, -0.05) is 20.8 Å². The zero-order valence-electron chi connectivity index (χ0n) is 11.2. The monoisotopic (exact) mass is 226 g/mol. The van der Waals surface area contributed by atoms with Crippen molar-refractivity contribution in [1.82, 2.24) is 10.2 Å². The van der Waals surface area contributed by atoms with Crippen LogP contribution in [0, 0.1) is 5.41 Å². The Morgan fingerprint density at radius 2 is 2.12 bits per heavy atom. The maximum atomic E-state index is 11.6. The summed E-state index contributed by atoms with van der Waals surface area (Å²) >= 11 is 0. The van der Waals surface area contributed by atoms with Crippen molar-refractivity contribution < 1.29 is 4.79 Å². The Bertz CT molecular complexity index is 233. The van der Waals surface area contributed by atoms with Crippen molar-refractivity contribution in [2.24, 2.45) is 5.41 Å². The van der Waals surface area contributed by atoms with Crippen molar-refractivity contribution in [2.45, 2.75) is 53.0 Å². The van der Waals surface area contributed by atoms with Gasteiger partial charge in [-0.2, -0.15) is 0 Å². The lowest BCUT2D eigenvalue weighted by Gasteiger charge is -2.22. The lowest BCUT2D eigenvalue weighted by Crippen LogP contribution is -2.37. The standard InChI is InChI=1S/C13H26N2O/c1-11-7-5-9-15(11)10-6-8-14-12(16)13(2,3)4/h11H,5-10H2,1-4H3,(H,14,16). The Kier molecular flexibility index (Phi) is 4.78. The number of hydrogen-bond acceptors (Lipinski definition) is 2. The van der Waals surface area contributed by atoms with Crippen molar-refractivity contribution in [1.29, 1.82) is 0 Å². The van der Waals surface area contributed by atoms with E-state index in [1.165, 1.54) is 19.4 Å².